The molecule has 2 aromatic carbocycles. The Morgan fingerprint density at radius 2 is 2.00 bits per heavy atom. The fraction of sp³-hybridized carbons (Fsp3) is 0.176. The molecule has 0 saturated heterocycles. The summed E-state index contributed by atoms with van der Waals surface area (Å²) in [6, 6.07) is 10.9. The Hall–Kier alpha value is -3.13. The minimum Gasteiger partial charge on any atom is -0.482 e. The minimum absolute atomic E-state index is 0.186. The molecule has 0 bridgehead atoms. The van der Waals surface area contributed by atoms with Crippen molar-refractivity contribution in [2.45, 2.75) is 6.54 Å². The average Bonchev–Trinajstić information content (AvgIpc) is 2.63. The number of nitrogens with one attached hydrogen (secondary N) is 1. The number of fused-ring (bicyclic) bond motifs is 1. The summed E-state index contributed by atoms with van der Waals surface area (Å²) in [5.41, 5.74) is 0.873. The van der Waals surface area contributed by atoms with Gasteiger partial charge >= 0.3 is 0 Å². The van der Waals surface area contributed by atoms with Crippen molar-refractivity contribution in [1.29, 1.82) is 0 Å². The zero-order valence-corrected chi connectivity index (χ0v) is 14.2. The van der Waals surface area contributed by atoms with Crippen LogP contribution >= 0.6 is 11.6 Å². The number of carbonyl (C=O) groups excluding carboxylic acids is 2. The Bertz CT molecular complexity index is 869. The number of amides is 2. The molecule has 8 nitrogen and oxygen atoms in total. The summed E-state index contributed by atoms with van der Waals surface area (Å²) in [6.45, 7) is -0.213. The second-order valence-electron chi connectivity index (χ2n) is 5.58. The third-order valence-corrected chi connectivity index (χ3v) is 4.05. The molecule has 1 aliphatic heterocycles. The topological polar surface area (TPSA) is 102 Å². The summed E-state index contributed by atoms with van der Waals surface area (Å²) in [5.74, 6) is -0.520. The van der Waals surface area contributed by atoms with E-state index in [0.29, 0.717) is 10.8 Å². The fourth-order valence-corrected chi connectivity index (χ4v) is 2.61. The molecule has 0 spiro atoms. The summed E-state index contributed by atoms with van der Waals surface area (Å²) in [6.07, 6.45) is 0. The number of nitrogens with zero attached hydrogens (tertiary/aromatic N) is 2. The second kappa shape index (κ2) is 7.40. The van der Waals surface area contributed by atoms with Gasteiger partial charge in [-0.2, -0.15) is 0 Å². The molecule has 0 fully saturated rings. The van der Waals surface area contributed by atoms with Crippen LogP contribution in [0.1, 0.15) is 5.56 Å². The number of nitro groups is 1. The van der Waals surface area contributed by atoms with Gasteiger partial charge in [-0.25, -0.2) is 0 Å². The molecule has 0 saturated carbocycles. The van der Waals surface area contributed by atoms with Crippen LogP contribution in [-0.2, 0) is 16.1 Å². The van der Waals surface area contributed by atoms with Crippen molar-refractivity contribution < 1.29 is 19.2 Å². The first-order chi connectivity index (χ1) is 12.4. The molecular formula is C17H14ClN3O5. The van der Waals surface area contributed by atoms with Gasteiger partial charge in [-0.3, -0.25) is 24.6 Å². The lowest BCUT2D eigenvalue weighted by atomic mass is 10.2. The van der Waals surface area contributed by atoms with Gasteiger partial charge in [0.25, 0.3) is 11.6 Å². The summed E-state index contributed by atoms with van der Waals surface area (Å²) >= 11 is 5.81. The van der Waals surface area contributed by atoms with Gasteiger partial charge in [0.1, 0.15) is 12.3 Å². The summed E-state index contributed by atoms with van der Waals surface area (Å²) in [7, 11) is 0. The predicted molar refractivity (Wildman–Crippen MR) is 94.2 cm³/mol. The highest BCUT2D eigenvalue weighted by molar-refractivity contribution is 6.30. The van der Waals surface area contributed by atoms with Gasteiger partial charge in [-0.1, -0.05) is 23.7 Å². The van der Waals surface area contributed by atoms with Gasteiger partial charge in [0.05, 0.1) is 10.6 Å². The van der Waals surface area contributed by atoms with E-state index in [1.807, 2.05) is 0 Å². The first-order valence-electron chi connectivity index (χ1n) is 7.67. The van der Waals surface area contributed by atoms with Crippen molar-refractivity contribution in [3.8, 4) is 5.75 Å². The number of benzene rings is 2. The molecule has 26 heavy (non-hydrogen) atoms. The minimum atomic E-state index is -0.571. The van der Waals surface area contributed by atoms with Crippen molar-refractivity contribution >= 4 is 34.8 Å². The SMILES string of the molecule is O=C(CN1C(=O)COc2ccc([N+](=O)[O-])cc21)NCc1ccc(Cl)cc1. The van der Waals surface area contributed by atoms with Gasteiger partial charge < -0.3 is 10.1 Å². The highest BCUT2D eigenvalue weighted by atomic mass is 35.5. The summed E-state index contributed by atoms with van der Waals surface area (Å²) in [4.78, 5) is 35.9. The maximum atomic E-state index is 12.2. The molecule has 1 N–H and O–H groups in total. The third kappa shape index (κ3) is 3.92. The molecule has 0 atom stereocenters. The van der Waals surface area contributed by atoms with E-state index in [1.54, 1.807) is 24.3 Å². The number of hydrogen-bond donors (Lipinski definition) is 1. The zero-order valence-electron chi connectivity index (χ0n) is 13.5. The summed E-state index contributed by atoms with van der Waals surface area (Å²) < 4.78 is 5.26. The van der Waals surface area contributed by atoms with Crippen molar-refractivity contribution in [2.24, 2.45) is 0 Å². The van der Waals surface area contributed by atoms with E-state index in [0.717, 1.165) is 5.56 Å². The Kier molecular flexibility index (Phi) is 5.04. The van der Waals surface area contributed by atoms with Crippen LogP contribution in [0.15, 0.2) is 42.5 Å². The number of anilines is 1. The normalized spacial score (nSPS) is 13.0. The lowest BCUT2D eigenvalue weighted by Crippen LogP contribution is -2.45. The molecule has 0 aliphatic carbocycles. The molecule has 1 aliphatic rings. The van der Waals surface area contributed by atoms with Gasteiger partial charge in [-0.15, -0.1) is 0 Å². The number of hydrogen-bond acceptors (Lipinski definition) is 5. The average molecular weight is 376 g/mol. The lowest BCUT2D eigenvalue weighted by molar-refractivity contribution is -0.384. The molecular weight excluding hydrogens is 362 g/mol. The quantitative estimate of drug-likeness (QED) is 0.638. The van der Waals surface area contributed by atoms with E-state index in [-0.39, 0.29) is 31.1 Å². The standard InChI is InChI=1S/C17H14ClN3O5/c18-12-3-1-11(2-4-12)8-19-16(22)9-20-14-7-13(21(24)25)5-6-15(14)26-10-17(20)23/h1-7H,8-10H2,(H,19,22). The van der Waals surface area contributed by atoms with Crippen molar-refractivity contribution in [2.75, 3.05) is 18.1 Å². The first kappa shape index (κ1) is 17.7. The highest BCUT2D eigenvalue weighted by Gasteiger charge is 2.29. The van der Waals surface area contributed by atoms with E-state index < -0.39 is 16.7 Å². The molecule has 0 unspecified atom stereocenters. The number of ether oxygens (including phenoxy) is 1. The van der Waals surface area contributed by atoms with E-state index in [9.17, 15) is 19.7 Å². The van der Waals surface area contributed by atoms with Gasteiger partial charge in [0, 0.05) is 23.7 Å². The Morgan fingerprint density at radius 3 is 2.69 bits per heavy atom. The van der Waals surface area contributed by atoms with Crippen LogP contribution in [0.4, 0.5) is 11.4 Å². The molecule has 2 amide bonds. The van der Waals surface area contributed by atoms with Gasteiger partial charge in [-0.05, 0) is 23.8 Å². The van der Waals surface area contributed by atoms with Crippen LogP contribution in [0, 0.1) is 10.1 Å². The van der Waals surface area contributed by atoms with Crippen molar-refractivity contribution in [3.05, 3.63) is 63.2 Å². The third-order valence-electron chi connectivity index (χ3n) is 3.80. The smallest absolute Gasteiger partial charge is 0.271 e. The first-order valence-corrected chi connectivity index (χ1v) is 8.04. The lowest BCUT2D eigenvalue weighted by Gasteiger charge is -2.28. The Labute approximate surface area is 153 Å². The van der Waals surface area contributed by atoms with E-state index in [2.05, 4.69) is 5.32 Å². The second-order valence-corrected chi connectivity index (χ2v) is 6.02. The van der Waals surface area contributed by atoms with Crippen LogP contribution < -0.4 is 15.0 Å². The predicted octanol–water partition coefficient (Wildman–Crippen LogP) is 2.29. The highest BCUT2D eigenvalue weighted by Crippen LogP contribution is 2.35. The molecule has 3 rings (SSSR count). The number of rotatable bonds is 5. The molecule has 2 aromatic rings. The van der Waals surface area contributed by atoms with E-state index >= 15 is 0 Å². The Morgan fingerprint density at radius 1 is 1.27 bits per heavy atom. The molecule has 9 heteroatoms. The number of non-ortho nitro benzene ring substituents is 1. The van der Waals surface area contributed by atoms with E-state index in [4.69, 9.17) is 16.3 Å². The van der Waals surface area contributed by atoms with E-state index in [1.165, 1.54) is 23.1 Å². The largest absolute Gasteiger partial charge is 0.482 e. The number of carbonyl (C=O) groups is 2. The van der Waals surface area contributed by atoms with Crippen molar-refractivity contribution in [1.82, 2.24) is 5.32 Å². The number of nitro benzene ring substituents is 1. The van der Waals surface area contributed by atoms with Gasteiger partial charge in [0.2, 0.25) is 5.91 Å². The van der Waals surface area contributed by atoms with Crippen molar-refractivity contribution in [3.63, 3.8) is 0 Å². The zero-order chi connectivity index (χ0) is 18.7. The molecule has 0 radical (unpaired) electrons. The van der Waals surface area contributed by atoms with Crippen LogP contribution in [0.2, 0.25) is 5.02 Å². The molecule has 134 valence electrons. The van der Waals surface area contributed by atoms with Crippen LogP contribution in [0.3, 0.4) is 0 Å². The fourth-order valence-electron chi connectivity index (χ4n) is 2.48. The molecule has 0 aromatic heterocycles. The van der Waals surface area contributed by atoms with Crippen LogP contribution in [0.5, 0.6) is 5.75 Å². The Balaban J connectivity index is 1.71. The molecule has 1 heterocycles. The maximum absolute atomic E-state index is 12.2. The summed E-state index contributed by atoms with van der Waals surface area (Å²) in [5, 5.41) is 14.3. The monoisotopic (exact) mass is 375 g/mol. The number of halogens is 1. The maximum Gasteiger partial charge on any atom is 0.271 e. The van der Waals surface area contributed by atoms with Crippen LogP contribution in [-0.4, -0.2) is 29.9 Å². The van der Waals surface area contributed by atoms with Gasteiger partial charge in [0.15, 0.2) is 6.61 Å². The van der Waals surface area contributed by atoms with Crippen LogP contribution in [0.25, 0.3) is 0 Å².